The summed E-state index contributed by atoms with van der Waals surface area (Å²) in [5, 5.41) is 5.54. The zero-order chi connectivity index (χ0) is 27.9. The number of carbonyl (C=O) groups is 1. The van der Waals surface area contributed by atoms with Gasteiger partial charge in [0.2, 0.25) is 11.9 Å². The third-order valence-corrected chi connectivity index (χ3v) is 6.97. The van der Waals surface area contributed by atoms with E-state index in [9.17, 15) is 18.0 Å². The lowest BCUT2D eigenvalue weighted by Crippen LogP contribution is -2.23. The van der Waals surface area contributed by atoms with Gasteiger partial charge in [-0.15, -0.1) is 0 Å². The molecule has 0 aliphatic heterocycles. The van der Waals surface area contributed by atoms with E-state index < -0.39 is 11.7 Å². The minimum absolute atomic E-state index is 0.00473. The molecule has 208 valence electrons. The van der Waals surface area contributed by atoms with Gasteiger partial charge >= 0.3 is 6.18 Å². The van der Waals surface area contributed by atoms with E-state index in [2.05, 4.69) is 27.5 Å². The predicted molar refractivity (Wildman–Crippen MR) is 145 cm³/mol. The molecular formula is C25H32Cl2F3N7O. The van der Waals surface area contributed by atoms with E-state index in [-0.39, 0.29) is 39.9 Å². The number of nitrogens with two attached hydrogens (primary N) is 2. The number of benzene rings is 1. The molecule has 13 heteroatoms. The number of aromatic nitrogens is 2. The number of hydrogen-bond donors (Lipinski definition) is 4. The molecule has 0 unspecified atom stereocenters. The Morgan fingerprint density at radius 2 is 1.84 bits per heavy atom. The van der Waals surface area contributed by atoms with Gasteiger partial charge in [0.05, 0.1) is 33.2 Å². The summed E-state index contributed by atoms with van der Waals surface area (Å²) in [5.41, 5.74) is 11.5. The van der Waals surface area contributed by atoms with E-state index in [1.54, 1.807) is 6.20 Å². The van der Waals surface area contributed by atoms with Gasteiger partial charge in [-0.3, -0.25) is 4.79 Å². The largest absolute Gasteiger partial charge is 0.416 e. The van der Waals surface area contributed by atoms with Crippen molar-refractivity contribution >= 4 is 52.4 Å². The van der Waals surface area contributed by atoms with Gasteiger partial charge in [0, 0.05) is 12.5 Å². The first-order valence-corrected chi connectivity index (χ1v) is 13.3. The van der Waals surface area contributed by atoms with Crippen molar-refractivity contribution in [2.24, 2.45) is 22.4 Å². The van der Waals surface area contributed by atoms with Crippen molar-refractivity contribution < 1.29 is 18.0 Å². The molecule has 1 saturated carbocycles. The van der Waals surface area contributed by atoms with Crippen LogP contribution < -0.4 is 22.1 Å². The molecule has 1 fully saturated rings. The summed E-state index contributed by atoms with van der Waals surface area (Å²) < 4.78 is 39.2. The van der Waals surface area contributed by atoms with Crippen LogP contribution in [0.15, 0.2) is 23.3 Å². The number of primary amides is 1. The lowest BCUT2D eigenvalue weighted by Gasteiger charge is -2.18. The maximum Gasteiger partial charge on any atom is 0.416 e. The van der Waals surface area contributed by atoms with Crippen LogP contribution in [0.3, 0.4) is 0 Å². The molecule has 1 amide bonds. The second-order valence-electron chi connectivity index (χ2n) is 9.45. The van der Waals surface area contributed by atoms with E-state index in [1.807, 2.05) is 0 Å². The molecule has 1 aromatic heterocycles. The summed E-state index contributed by atoms with van der Waals surface area (Å²) >= 11 is 12.1. The molecular weight excluding hydrogens is 542 g/mol. The quantitative estimate of drug-likeness (QED) is 0.181. The van der Waals surface area contributed by atoms with Crippen molar-refractivity contribution in [3.8, 4) is 0 Å². The first kappa shape index (κ1) is 29.8. The average molecular weight is 574 g/mol. The van der Waals surface area contributed by atoms with Crippen LogP contribution in [0, 0.1) is 5.92 Å². The Bertz CT molecular complexity index is 1130. The van der Waals surface area contributed by atoms with E-state index in [0.717, 1.165) is 50.7 Å². The number of hydrogen-bond acceptors (Lipinski definition) is 5. The van der Waals surface area contributed by atoms with Gasteiger partial charge in [-0.25, -0.2) is 15.0 Å². The Morgan fingerprint density at radius 3 is 2.42 bits per heavy atom. The minimum atomic E-state index is -4.60. The molecule has 1 aromatic carbocycles. The highest BCUT2D eigenvalue weighted by Crippen LogP contribution is 2.38. The summed E-state index contributed by atoms with van der Waals surface area (Å²) in [7, 11) is 0. The molecule has 0 saturated heterocycles. The third kappa shape index (κ3) is 8.62. The van der Waals surface area contributed by atoms with Crippen LogP contribution in [0.5, 0.6) is 0 Å². The van der Waals surface area contributed by atoms with Crippen LogP contribution in [-0.4, -0.2) is 27.9 Å². The van der Waals surface area contributed by atoms with E-state index in [1.165, 1.54) is 0 Å². The molecule has 3 rings (SSSR count). The summed E-state index contributed by atoms with van der Waals surface area (Å²) in [6.45, 7) is 2.06. The fourth-order valence-electron chi connectivity index (χ4n) is 4.50. The number of guanidine groups is 1. The third-order valence-electron chi connectivity index (χ3n) is 6.38. The van der Waals surface area contributed by atoms with Crippen molar-refractivity contribution in [1.29, 1.82) is 0 Å². The number of nitrogens with zero attached hydrogens (tertiary/aromatic N) is 3. The molecule has 8 nitrogen and oxygen atoms in total. The Balaban J connectivity index is 1.89. The van der Waals surface area contributed by atoms with E-state index in [0.29, 0.717) is 36.2 Å². The number of nitrogens with one attached hydrogen (secondary N) is 2. The highest BCUT2D eigenvalue weighted by molar-refractivity contribution is 6.40. The predicted octanol–water partition coefficient (Wildman–Crippen LogP) is 6.44. The van der Waals surface area contributed by atoms with Crippen molar-refractivity contribution in [3.63, 3.8) is 0 Å². The molecule has 0 bridgehead atoms. The number of carbonyl (C=O) groups excluding carboxylic acids is 1. The van der Waals surface area contributed by atoms with Gasteiger partial charge in [-0.1, -0.05) is 55.8 Å². The number of rotatable bonds is 11. The van der Waals surface area contributed by atoms with Crippen LogP contribution >= 0.6 is 23.2 Å². The van der Waals surface area contributed by atoms with E-state index >= 15 is 0 Å². The second kappa shape index (κ2) is 13.3. The van der Waals surface area contributed by atoms with Crippen molar-refractivity contribution in [3.05, 3.63) is 39.6 Å². The standard InChI is InChI=1S/C25H32Cl2F3N7O/c1-2-5-14(8-9-21(31)38)10-19-20(13-33-24(36-19)34-16-6-3-4-7-16)35-23(32)37-22-17(26)11-15(12-18(22)27)25(28,29)30/h11-14,16H,2-10H2,1H3,(H2,31,38)(H3,32,35,37)(H,33,34,36)/t14-/m0/s1. The molecule has 0 radical (unpaired) electrons. The van der Waals surface area contributed by atoms with Gasteiger partial charge in [-0.2, -0.15) is 13.2 Å². The number of alkyl halides is 3. The zero-order valence-electron chi connectivity index (χ0n) is 21.0. The molecule has 6 N–H and O–H groups in total. The SMILES string of the molecule is CCC[C@@H](CCC(N)=O)Cc1nc(NC2CCCC2)ncc1/N=C(\N)Nc1c(Cl)cc(C(F)(F)F)cc1Cl. The minimum Gasteiger partial charge on any atom is -0.370 e. The fourth-order valence-corrected chi connectivity index (χ4v) is 5.08. The topological polar surface area (TPSA) is 131 Å². The molecule has 38 heavy (non-hydrogen) atoms. The number of amides is 1. The Hall–Kier alpha value is -2.79. The average Bonchev–Trinajstić information content (AvgIpc) is 3.34. The lowest BCUT2D eigenvalue weighted by atomic mass is 9.92. The number of halogens is 5. The van der Waals surface area contributed by atoms with Crippen LogP contribution in [0.1, 0.15) is 69.5 Å². The van der Waals surface area contributed by atoms with Crippen LogP contribution in [-0.2, 0) is 17.4 Å². The van der Waals surface area contributed by atoms with E-state index in [4.69, 9.17) is 39.7 Å². The summed E-state index contributed by atoms with van der Waals surface area (Å²) in [6, 6.07) is 1.82. The molecule has 0 spiro atoms. The highest BCUT2D eigenvalue weighted by atomic mass is 35.5. The van der Waals surface area contributed by atoms with Gasteiger partial charge < -0.3 is 22.1 Å². The van der Waals surface area contributed by atoms with Crippen molar-refractivity contribution in [2.75, 3.05) is 10.6 Å². The zero-order valence-corrected chi connectivity index (χ0v) is 22.6. The number of aliphatic imine (C=N–C) groups is 1. The molecule has 1 atom stereocenters. The molecule has 1 aliphatic carbocycles. The molecule has 1 heterocycles. The monoisotopic (exact) mass is 573 g/mol. The highest BCUT2D eigenvalue weighted by Gasteiger charge is 2.32. The lowest BCUT2D eigenvalue weighted by molar-refractivity contribution is -0.137. The number of anilines is 2. The maximum absolute atomic E-state index is 13.1. The van der Waals surface area contributed by atoms with Gasteiger partial charge in [-0.05, 0) is 43.7 Å². The molecule has 2 aromatic rings. The summed E-state index contributed by atoms with van der Waals surface area (Å²) in [5.74, 6) is 0.0912. The van der Waals surface area contributed by atoms with Gasteiger partial charge in [0.25, 0.3) is 0 Å². The Labute approximate surface area is 229 Å². The van der Waals surface area contributed by atoms with Crippen molar-refractivity contribution in [2.45, 2.75) is 76.9 Å². The Kier molecular flexibility index (Phi) is 10.4. The van der Waals surface area contributed by atoms with Crippen LogP contribution in [0.4, 0.5) is 30.5 Å². The first-order valence-electron chi connectivity index (χ1n) is 12.5. The van der Waals surface area contributed by atoms with Crippen LogP contribution in [0.2, 0.25) is 10.0 Å². The summed E-state index contributed by atoms with van der Waals surface area (Å²) in [4.78, 5) is 24.9. The molecule has 1 aliphatic rings. The van der Waals surface area contributed by atoms with Crippen LogP contribution in [0.25, 0.3) is 0 Å². The van der Waals surface area contributed by atoms with Gasteiger partial charge in [0.15, 0.2) is 5.96 Å². The van der Waals surface area contributed by atoms with Gasteiger partial charge in [0.1, 0.15) is 5.69 Å². The summed E-state index contributed by atoms with van der Waals surface area (Å²) in [6.07, 6.45) is 4.47. The van der Waals surface area contributed by atoms with Crippen molar-refractivity contribution in [1.82, 2.24) is 9.97 Å². The fraction of sp³-hybridized carbons (Fsp3) is 0.520. The first-order chi connectivity index (χ1) is 18.0. The maximum atomic E-state index is 13.1. The normalized spacial score (nSPS) is 15.5. The smallest absolute Gasteiger partial charge is 0.370 e. The second-order valence-corrected chi connectivity index (χ2v) is 10.3. The Morgan fingerprint density at radius 1 is 1.18 bits per heavy atom.